The maximum atomic E-state index is 13.3. The molecule has 21 heavy (non-hydrogen) atoms. The summed E-state index contributed by atoms with van der Waals surface area (Å²) in [6.07, 6.45) is 1.79. The fourth-order valence-electron chi connectivity index (χ4n) is 2.95. The van der Waals surface area contributed by atoms with Gasteiger partial charge in [-0.2, -0.15) is 5.26 Å². The van der Waals surface area contributed by atoms with Crippen LogP contribution < -0.4 is 11.1 Å². The van der Waals surface area contributed by atoms with Crippen LogP contribution in [-0.2, 0) is 4.79 Å². The molecule has 122 valence electrons. The second kappa shape index (κ2) is 9.42. The highest BCUT2D eigenvalue weighted by molar-refractivity contribution is 5.85. The molecular weight excluding hydrogens is 318 g/mol. The fraction of sp³-hybridized carbons (Fsp3) is 0.846. The summed E-state index contributed by atoms with van der Waals surface area (Å²) in [5.74, 6) is 0.120. The zero-order chi connectivity index (χ0) is 13.8. The molecule has 4 atom stereocenters. The Morgan fingerprint density at radius 1 is 1.52 bits per heavy atom. The molecule has 0 aliphatic carbocycles. The summed E-state index contributed by atoms with van der Waals surface area (Å²) in [7, 11) is 0. The van der Waals surface area contributed by atoms with E-state index in [9.17, 15) is 9.18 Å². The van der Waals surface area contributed by atoms with Crippen LogP contribution in [0, 0.1) is 17.2 Å². The second-order valence-electron chi connectivity index (χ2n) is 5.52. The van der Waals surface area contributed by atoms with Gasteiger partial charge < -0.3 is 16.0 Å². The molecule has 2 rings (SSSR count). The van der Waals surface area contributed by atoms with Gasteiger partial charge in [0.25, 0.3) is 0 Å². The molecule has 2 aliphatic heterocycles. The van der Waals surface area contributed by atoms with Crippen LogP contribution in [0.1, 0.15) is 25.7 Å². The molecule has 0 saturated carbocycles. The molecule has 3 N–H and O–H groups in total. The molecule has 4 unspecified atom stereocenters. The van der Waals surface area contributed by atoms with E-state index < -0.39 is 18.3 Å². The highest BCUT2D eigenvalue weighted by Crippen LogP contribution is 2.22. The van der Waals surface area contributed by atoms with Gasteiger partial charge in [0, 0.05) is 6.42 Å². The number of piperidine rings is 1. The van der Waals surface area contributed by atoms with Crippen molar-refractivity contribution in [1.82, 2.24) is 10.2 Å². The van der Waals surface area contributed by atoms with Crippen molar-refractivity contribution >= 4 is 30.7 Å². The number of nitriles is 1. The highest BCUT2D eigenvalue weighted by Gasteiger charge is 2.37. The molecule has 5 nitrogen and oxygen atoms in total. The highest BCUT2D eigenvalue weighted by atomic mass is 35.5. The number of nitrogens with one attached hydrogen (secondary N) is 1. The molecule has 2 heterocycles. The number of amides is 1. The Bertz CT molecular complexity index is 374. The molecule has 8 heteroatoms. The lowest BCUT2D eigenvalue weighted by Gasteiger charge is -2.28. The first kappa shape index (κ1) is 20.4. The Balaban J connectivity index is 0.00000200. The summed E-state index contributed by atoms with van der Waals surface area (Å²) in [6, 6.07) is 0.707. The average Bonchev–Trinajstić information content (AvgIpc) is 2.80. The van der Waals surface area contributed by atoms with Gasteiger partial charge in [0.2, 0.25) is 5.91 Å². The molecular formula is C13H23Cl2FN4O. The number of carbonyl (C=O) groups excluding carboxylic acids is 1. The summed E-state index contributed by atoms with van der Waals surface area (Å²) < 4.78 is 13.3. The van der Waals surface area contributed by atoms with Gasteiger partial charge in [-0.25, -0.2) is 4.39 Å². The van der Waals surface area contributed by atoms with Gasteiger partial charge in [0.05, 0.1) is 18.7 Å². The van der Waals surface area contributed by atoms with Crippen LogP contribution >= 0.6 is 24.8 Å². The van der Waals surface area contributed by atoms with Crippen LogP contribution in [0.25, 0.3) is 0 Å². The van der Waals surface area contributed by atoms with E-state index in [1.165, 1.54) is 4.90 Å². The smallest absolute Gasteiger partial charge is 0.240 e. The predicted molar refractivity (Wildman–Crippen MR) is 83.3 cm³/mol. The van der Waals surface area contributed by atoms with Crippen LogP contribution in [0.5, 0.6) is 0 Å². The number of nitrogens with zero attached hydrogens (tertiary/aromatic N) is 2. The maximum absolute atomic E-state index is 13.3. The van der Waals surface area contributed by atoms with Gasteiger partial charge in [-0.05, 0) is 38.3 Å². The summed E-state index contributed by atoms with van der Waals surface area (Å²) in [4.78, 5) is 13.5. The number of hydrogen-bond acceptors (Lipinski definition) is 4. The lowest BCUT2D eigenvalue weighted by molar-refractivity contribution is -0.133. The molecule has 2 aliphatic rings. The van der Waals surface area contributed by atoms with Gasteiger partial charge >= 0.3 is 0 Å². The molecule has 0 spiro atoms. The second-order valence-corrected chi connectivity index (χ2v) is 5.52. The van der Waals surface area contributed by atoms with E-state index >= 15 is 0 Å². The minimum absolute atomic E-state index is 0. The van der Waals surface area contributed by atoms with Crippen molar-refractivity contribution in [2.75, 3.05) is 19.6 Å². The van der Waals surface area contributed by atoms with Crippen molar-refractivity contribution in [2.24, 2.45) is 11.7 Å². The van der Waals surface area contributed by atoms with Crippen molar-refractivity contribution in [3.8, 4) is 6.07 Å². The largest absolute Gasteiger partial charge is 0.322 e. The first-order chi connectivity index (χ1) is 9.11. The number of halogens is 3. The van der Waals surface area contributed by atoms with Crippen molar-refractivity contribution in [3.63, 3.8) is 0 Å². The Morgan fingerprint density at radius 2 is 2.24 bits per heavy atom. The standard InChI is InChI=1S/C13H21FN4O.2ClH/c14-10-5-11(6-15)18(8-10)13(19)12(16)4-9-2-1-3-17-7-9;;/h9-12,17H,1-5,7-8,16H2;2*1H. The number of likely N-dealkylation sites (tertiary alicyclic amines) is 1. The van der Waals surface area contributed by atoms with Crippen LogP contribution in [0.4, 0.5) is 4.39 Å². The lowest BCUT2D eigenvalue weighted by Crippen LogP contribution is -2.47. The Morgan fingerprint density at radius 3 is 2.81 bits per heavy atom. The van der Waals surface area contributed by atoms with Crippen molar-refractivity contribution in [2.45, 2.75) is 43.9 Å². The van der Waals surface area contributed by atoms with E-state index in [-0.39, 0.29) is 43.7 Å². The number of alkyl halides is 1. The van der Waals surface area contributed by atoms with E-state index in [0.717, 1.165) is 25.9 Å². The number of carbonyl (C=O) groups is 1. The quantitative estimate of drug-likeness (QED) is 0.803. The number of nitrogens with two attached hydrogens (primary N) is 1. The van der Waals surface area contributed by atoms with Gasteiger partial charge in [0.15, 0.2) is 0 Å². The summed E-state index contributed by atoms with van der Waals surface area (Å²) >= 11 is 0. The summed E-state index contributed by atoms with van der Waals surface area (Å²) in [5, 5.41) is 12.2. The maximum Gasteiger partial charge on any atom is 0.240 e. The zero-order valence-corrected chi connectivity index (χ0v) is 13.5. The summed E-state index contributed by atoms with van der Waals surface area (Å²) in [6.45, 7) is 1.91. The third-order valence-electron chi connectivity index (χ3n) is 3.99. The van der Waals surface area contributed by atoms with Crippen LogP contribution in [-0.4, -0.2) is 48.7 Å². The van der Waals surface area contributed by atoms with Gasteiger partial charge in [-0.15, -0.1) is 24.8 Å². The number of hydrogen-bond donors (Lipinski definition) is 2. The Labute approximate surface area is 137 Å². The van der Waals surface area contributed by atoms with Crippen molar-refractivity contribution in [1.29, 1.82) is 5.26 Å². The molecule has 0 aromatic rings. The topological polar surface area (TPSA) is 82.2 Å². The van der Waals surface area contributed by atoms with Crippen LogP contribution in [0.2, 0.25) is 0 Å². The minimum atomic E-state index is -1.10. The lowest BCUT2D eigenvalue weighted by atomic mass is 9.92. The van der Waals surface area contributed by atoms with Crippen molar-refractivity contribution in [3.05, 3.63) is 0 Å². The van der Waals surface area contributed by atoms with Gasteiger partial charge in [-0.1, -0.05) is 0 Å². The Hall–Kier alpha value is -0.610. The van der Waals surface area contributed by atoms with E-state index in [4.69, 9.17) is 11.0 Å². The van der Waals surface area contributed by atoms with Crippen molar-refractivity contribution < 1.29 is 9.18 Å². The molecule has 0 bridgehead atoms. The zero-order valence-electron chi connectivity index (χ0n) is 11.8. The summed E-state index contributed by atoms with van der Waals surface area (Å²) in [5.41, 5.74) is 5.94. The normalized spacial score (nSPS) is 29.8. The van der Waals surface area contributed by atoms with Gasteiger partial charge in [-0.3, -0.25) is 4.79 Å². The predicted octanol–water partition coefficient (Wildman–Crippen LogP) is 1.01. The average molecular weight is 341 g/mol. The third kappa shape index (κ3) is 5.26. The first-order valence-corrected chi connectivity index (χ1v) is 6.92. The van der Waals surface area contributed by atoms with E-state index in [0.29, 0.717) is 12.3 Å². The van der Waals surface area contributed by atoms with E-state index in [1.807, 2.05) is 6.07 Å². The fourth-order valence-corrected chi connectivity index (χ4v) is 2.95. The monoisotopic (exact) mass is 340 g/mol. The van der Waals surface area contributed by atoms with E-state index in [1.54, 1.807) is 0 Å². The van der Waals surface area contributed by atoms with Crippen LogP contribution in [0.3, 0.4) is 0 Å². The molecule has 0 radical (unpaired) electrons. The van der Waals surface area contributed by atoms with Gasteiger partial charge in [0.1, 0.15) is 12.2 Å². The first-order valence-electron chi connectivity index (χ1n) is 6.92. The molecule has 0 aromatic heterocycles. The van der Waals surface area contributed by atoms with Crippen LogP contribution in [0.15, 0.2) is 0 Å². The molecule has 2 fully saturated rings. The molecule has 2 saturated heterocycles. The minimum Gasteiger partial charge on any atom is -0.322 e. The number of rotatable bonds is 3. The Kier molecular flexibility index (Phi) is 9.14. The SMILES string of the molecule is Cl.Cl.N#CC1CC(F)CN1C(=O)C(N)CC1CCCNC1. The molecule has 1 amide bonds. The molecule has 0 aromatic carbocycles. The van der Waals surface area contributed by atoms with E-state index in [2.05, 4.69) is 5.32 Å². The third-order valence-corrected chi connectivity index (χ3v) is 3.99.